The minimum atomic E-state index is -0.215. The second-order valence-corrected chi connectivity index (χ2v) is 7.58. The van der Waals surface area contributed by atoms with Gasteiger partial charge in [0, 0.05) is 17.5 Å². The van der Waals surface area contributed by atoms with Crippen LogP contribution in [0.1, 0.15) is 24.2 Å². The van der Waals surface area contributed by atoms with Gasteiger partial charge in [0.2, 0.25) is 5.91 Å². The summed E-state index contributed by atoms with van der Waals surface area (Å²) in [4.78, 5) is 16.4. The summed E-state index contributed by atoms with van der Waals surface area (Å²) in [5.41, 5.74) is 6.88. The molecule has 2 aromatic rings. The van der Waals surface area contributed by atoms with Crippen LogP contribution in [0, 0.1) is 5.92 Å². The Morgan fingerprint density at radius 2 is 1.79 bits per heavy atom. The van der Waals surface area contributed by atoms with Crippen molar-refractivity contribution in [2.45, 2.75) is 29.5 Å². The molecule has 1 amide bonds. The molecule has 1 aliphatic rings. The number of nitrogens with two attached hydrogens (primary N) is 1. The molecule has 3 atom stereocenters. The van der Waals surface area contributed by atoms with Crippen LogP contribution in [0.4, 0.5) is 0 Å². The Bertz CT molecular complexity index is 662. The van der Waals surface area contributed by atoms with Gasteiger partial charge >= 0.3 is 0 Å². The fourth-order valence-corrected chi connectivity index (χ4v) is 4.41. The minimum Gasteiger partial charge on any atom is -0.338 e. The first-order chi connectivity index (χ1) is 11.7. The predicted molar refractivity (Wildman–Crippen MR) is 99.8 cm³/mol. The van der Waals surface area contributed by atoms with Gasteiger partial charge in [0.25, 0.3) is 0 Å². The second kappa shape index (κ2) is 7.86. The smallest absolute Gasteiger partial charge is 0.240 e. The van der Waals surface area contributed by atoms with Gasteiger partial charge in [-0.2, -0.15) is 0 Å². The van der Waals surface area contributed by atoms with E-state index in [0.717, 1.165) is 23.4 Å². The third-order valence-electron chi connectivity index (χ3n) is 4.60. The van der Waals surface area contributed by atoms with Crippen LogP contribution in [-0.2, 0) is 4.79 Å². The van der Waals surface area contributed by atoms with Crippen molar-refractivity contribution in [2.24, 2.45) is 11.7 Å². The Kier molecular flexibility index (Phi) is 5.59. The minimum absolute atomic E-state index is 0.193. The highest BCUT2D eigenvalue weighted by Crippen LogP contribution is 2.38. The van der Waals surface area contributed by atoms with Gasteiger partial charge in [-0.15, -0.1) is 11.8 Å². The molecule has 1 aliphatic heterocycles. The zero-order chi connectivity index (χ0) is 16.9. The molecular weight excluding hydrogens is 316 g/mol. The zero-order valence-electron chi connectivity index (χ0n) is 14.0. The summed E-state index contributed by atoms with van der Waals surface area (Å²) in [6.45, 7) is 3.55. The molecular formula is C20H24N2OS. The van der Waals surface area contributed by atoms with Crippen LogP contribution in [0.5, 0.6) is 0 Å². The van der Waals surface area contributed by atoms with Crippen molar-refractivity contribution in [2.75, 3.05) is 13.1 Å². The number of thioether (sulfide) groups is 1. The SMILES string of the molecule is CC1CC(CN)CN1C(=O)C(Sc1ccccc1)c1ccccc1. The van der Waals surface area contributed by atoms with E-state index in [4.69, 9.17) is 5.73 Å². The number of amides is 1. The number of carbonyl (C=O) groups is 1. The first kappa shape index (κ1) is 17.1. The Hall–Kier alpha value is -1.78. The topological polar surface area (TPSA) is 46.3 Å². The van der Waals surface area contributed by atoms with Crippen LogP contribution in [0.2, 0.25) is 0 Å². The number of carbonyl (C=O) groups excluding carboxylic acids is 1. The lowest BCUT2D eigenvalue weighted by molar-refractivity contribution is -0.131. The number of nitrogens with zero attached hydrogens (tertiary/aromatic N) is 1. The average molecular weight is 340 g/mol. The van der Waals surface area contributed by atoms with E-state index >= 15 is 0 Å². The molecule has 3 unspecified atom stereocenters. The molecule has 0 saturated carbocycles. The molecule has 0 bridgehead atoms. The third-order valence-corrected chi connectivity index (χ3v) is 5.86. The molecule has 0 spiro atoms. The molecule has 2 aromatic carbocycles. The Labute approximate surface area is 148 Å². The third kappa shape index (κ3) is 3.82. The van der Waals surface area contributed by atoms with Crippen molar-refractivity contribution < 1.29 is 4.79 Å². The first-order valence-corrected chi connectivity index (χ1v) is 9.34. The number of hydrogen-bond donors (Lipinski definition) is 1. The molecule has 0 aliphatic carbocycles. The van der Waals surface area contributed by atoms with Crippen molar-refractivity contribution >= 4 is 17.7 Å². The predicted octanol–water partition coefficient (Wildman–Crippen LogP) is 3.72. The van der Waals surface area contributed by atoms with Gasteiger partial charge < -0.3 is 10.6 Å². The first-order valence-electron chi connectivity index (χ1n) is 8.46. The monoisotopic (exact) mass is 340 g/mol. The van der Waals surface area contributed by atoms with Gasteiger partial charge in [0.1, 0.15) is 5.25 Å². The fourth-order valence-electron chi connectivity index (χ4n) is 3.29. The maximum Gasteiger partial charge on any atom is 0.240 e. The molecule has 2 N–H and O–H groups in total. The molecule has 1 heterocycles. The van der Waals surface area contributed by atoms with Crippen LogP contribution in [-0.4, -0.2) is 29.9 Å². The van der Waals surface area contributed by atoms with Crippen molar-refractivity contribution in [3.8, 4) is 0 Å². The quantitative estimate of drug-likeness (QED) is 0.844. The summed E-state index contributed by atoms with van der Waals surface area (Å²) in [5, 5.41) is -0.215. The van der Waals surface area contributed by atoms with E-state index in [1.165, 1.54) is 0 Å². The van der Waals surface area contributed by atoms with Gasteiger partial charge in [-0.1, -0.05) is 48.5 Å². The van der Waals surface area contributed by atoms with Crippen LogP contribution < -0.4 is 5.73 Å². The van der Waals surface area contributed by atoms with E-state index in [1.807, 2.05) is 53.4 Å². The standard InChI is InChI=1S/C20H24N2OS/c1-15-12-16(13-21)14-22(15)20(23)19(17-8-4-2-5-9-17)24-18-10-6-3-7-11-18/h2-11,15-16,19H,12-14,21H2,1H3. The summed E-state index contributed by atoms with van der Waals surface area (Å²) < 4.78 is 0. The molecule has 0 radical (unpaired) electrons. The van der Waals surface area contributed by atoms with Crippen LogP contribution in [0.3, 0.4) is 0 Å². The molecule has 4 heteroatoms. The maximum absolute atomic E-state index is 13.3. The number of rotatable bonds is 5. The highest BCUT2D eigenvalue weighted by molar-refractivity contribution is 8.00. The van der Waals surface area contributed by atoms with E-state index in [9.17, 15) is 4.79 Å². The molecule has 1 fully saturated rings. The summed E-state index contributed by atoms with van der Waals surface area (Å²) in [6.07, 6.45) is 1.000. The fraction of sp³-hybridized carbons (Fsp3) is 0.350. The zero-order valence-corrected chi connectivity index (χ0v) is 14.8. The Morgan fingerprint density at radius 1 is 1.17 bits per heavy atom. The summed E-state index contributed by atoms with van der Waals surface area (Å²) in [7, 11) is 0. The summed E-state index contributed by atoms with van der Waals surface area (Å²) in [5.74, 6) is 0.612. The summed E-state index contributed by atoms with van der Waals surface area (Å²) >= 11 is 1.63. The van der Waals surface area contributed by atoms with Gasteiger partial charge in [0.05, 0.1) is 0 Å². The number of hydrogen-bond acceptors (Lipinski definition) is 3. The molecule has 24 heavy (non-hydrogen) atoms. The molecule has 1 saturated heterocycles. The van der Waals surface area contributed by atoms with Crippen LogP contribution >= 0.6 is 11.8 Å². The lowest BCUT2D eigenvalue weighted by Crippen LogP contribution is -2.37. The van der Waals surface area contributed by atoms with Crippen molar-refractivity contribution in [1.29, 1.82) is 0 Å². The molecule has 3 nitrogen and oxygen atoms in total. The van der Waals surface area contributed by atoms with E-state index in [0.29, 0.717) is 12.5 Å². The van der Waals surface area contributed by atoms with Crippen molar-refractivity contribution in [3.05, 3.63) is 66.2 Å². The van der Waals surface area contributed by atoms with E-state index in [-0.39, 0.29) is 17.2 Å². The lowest BCUT2D eigenvalue weighted by Gasteiger charge is -2.27. The highest BCUT2D eigenvalue weighted by Gasteiger charge is 2.36. The summed E-state index contributed by atoms with van der Waals surface area (Å²) in [6, 6.07) is 20.5. The normalized spacial score (nSPS) is 21.7. The largest absolute Gasteiger partial charge is 0.338 e. The maximum atomic E-state index is 13.3. The van der Waals surface area contributed by atoms with Crippen LogP contribution in [0.15, 0.2) is 65.6 Å². The van der Waals surface area contributed by atoms with Crippen LogP contribution in [0.25, 0.3) is 0 Å². The molecule has 0 aromatic heterocycles. The Balaban J connectivity index is 1.85. The molecule has 126 valence electrons. The van der Waals surface area contributed by atoms with Crippen molar-refractivity contribution in [3.63, 3.8) is 0 Å². The van der Waals surface area contributed by atoms with Gasteiger partial charge in [-0.25, -0.2) is 0 Å². The average Bonchev–Trinajstić information content (AvgIpc) is 3.02. The van der Waals surface area contributed by atoms with Gasteiger partial charge in [0.15, 0.2) is 0 Å². The Morgan fingerprint density at radius 3 is 2.38 bits per heavy atom. The molecule has 3 rings (SSSR count). The van der Waals surface area contributed by atoms with Gasteiger partial charge in [-0.3, -0.25) is 4.79 Å². The lowest BCUT2D eigenvalue weighted by atomic mass is 10.1. The van der Waals surface area contributed by atoms with E-state index in [1.54, 1.807) is 11.8 Å². The van der Waals surface area contributed by atoms with Gasteiger partial charge in [-0.05, 0) is 43.5 Å². The van der Waals surface area contributed by atoms with E-state index in [2.05, 4.69) is 19.1 Å². The van der Waals surface area contributed by atoms with E-state index < -0.39 is 0 Å². The highest BCUT2D eigenvalue weighted by atomic mass is 32.2. The second-order valence-electron chi connectivity index (χ2n) is 6.40. The number of benzene rings is 2. The van der Waals surface area contributed by atoms with Crippen molar-refractivity contribution in [1.82, 2.24) is 4.90 Å². The number of likely N-dealkylation sites (tertiary alicyclic amines) is 1.